The van der Waals surface area contributed by atoms with Crippen molar-refractivity contribution in [2.75, 3.05) is 26.3 Å². The van der Waals surface area contributed by atoms with Crippen molar-refractivity contribution in [3.05, 3.63) is 28.2 Å². The summed E-state index contributed by atoms with van der Waals surface area (Å²) in [5.41, 5.74) is 0.329. The molecular weight excluding hydrogens is 420 g/mol. The van der Waals surface area contributed by atoms with E-state index in [2.05, 4.69) is 35.1 Å². The summed E-state index contributed by atoms with van der Waals surface area (Å²) >= 11 is 3.36. The highest BCUT2D eigenvalue weighted by molar-refractivity contribution is 9.10. The van der Waals surface area contributed by atoms with E-state index in [0.717, 1.165) is 12.8 Å². The molecule has 0 radical (unpaired) electrons. The SMILES string of the molecule is CC(C)CCC(C)NC(=O)c1cc(S(=O)(=O)N2CCOCC2)ccc1Br. The van der Waals surface area contributed by atoms with E-state index >= 15 is 0 Å². The molecule has 0 aliphatic carbocycles. The quantitative estimate of drug-likeness (QED) is 0.697. The van der Waals surface area contributed by atoms with Crippen LogP contribution < -0.4 is 5.32 Å². The summed E-state index contributed by atoms with van der Waals surface area (Å²) in [5.74, 6) is 0.301. The predicted octanol–water partition coefficient (Wildman–Crippen LogP) is 3.02. The van der Waals surface area contributed by atoms with Crippen LogP contribution in [-0.2, 0) is 14.8 Å². The molecule has 26 heavy (non-hydrogen) atoms. The van der Waals surface area contributed by atoms with Crippen molar-refractivity contribution in [3.63, 3.8) is 0 Å². The highest BCUT2D eigenvalue weighted by Crippen LogP contribution is 2.24. The van der Waals surface area contributed by atoms with Crippen LogP contribution in [0.25, 0.3) is 0 Å². The lowest BCUT2D eigenvalue weighted by Gasteiger charge is -2.26. The summed E-state index contributed by atoms with van der Waals surface area (Å²) in [6.07, 6.45) is 1.90. The molecule has 1 N–H and O–H groups in total. The number of rotatable bonds is 7. The van der Waals surface area contributed by atoms with Crippen LogP contribution in [0.4, 0.5) is 0 Å². The number of ether oxygens (including phenoxy) is 1. The van der Waals surface area contributed by atoms with Crippen LogP contribution in [0, 0.1) is 5.92 Å². The first-order valence-electron chi connectivity index (χ1n) is 8.90. The molecule has 1 aliphatic rings. The van der Waals surface area contributed by atoms with Crippen LogP contribution in [-0.4, -0.2) is 51.0 Å². The van der Waals surface area contributed by atoms with Gasteiger partial charge in [0.15, 0.2) is 0 Å². The third-order valence-electron chi connectivity index (χ3n) is 4.34. The average Bonchev–Trinajstić information content (AvgIpc) is 2.60. The normalized spacial score (nSPS) is 17.3. The second-order valence-corrected chi connectivity index (χ2v) is 9.80. The van der Waals surface area contributed by atoms with Gasteiger partial charge in [0.25, 0.3) is 5.91 Å². The summed E-state index contributed by atoms with van der Waals surface area (Å²) in [6.45, 7) is 7.67. The molecule has 1 atom stereocenters. The van der Waals surface area contributed by atoms with Crippen LogP contribution in [0.1, 0.15) is 44.0 Å². The molecule has 1 amide bonds. The minimum atomic E-state index is -3.63. The Morgan fingerprint density at radius 2 is 1.88 bits per heavy atom. The number of sulfonamides is 1. The van der Waals surface area contributed by atoms with E-state index in [1.165, 1.54) is 16.4 Å². The summed E-state index contributed by atoms with van der Waals surface area (Å²) in [5, 5.41) is 2.95. The fourth-order valence-electron chi connectivity index (χ4n) is 2.73. The number of nitrogens with zero attached hydrogens (tertiary/aromatic N) is 1. The Balaban J connectivity index is 2.17. The predicted molar refractivity (Wildman–Crippen MR) is 105 cm³/mol. The van der Waals surface area contributed by atoms with Crippen LogP contribution in [0.2, 0.25) is 0 Å². The van der Waals surface area contributed by atoms with Crippen LogP contribution in [0.15, 0.2) is 27.6 Å². The van der Waals surface area contributed by atoms with Crippen molar-refractivity contribution in [2.24, 2.45) is 5.92 Å². The summed E-state index contributed by atoms with van der Waals surface area (Å²) in [4.78, 5) is 12.7. The van der Waals surface area contributed by atoms with Gasteiger partial charge in [-0.2, -0.15) is 4.31 Å². The first-order valence-corrected chi connectivity index (χ1v) is 11.1. The largest absolute Gasteiger partial charge is 0.379 e. The molecule has 1 heterocycles. The molecule has 146 valence electrons. The zero-order chi connectivity index (χ0) is 19.3. The molecule has 1 saturated heterocycles. The van der Waals surface area contributed by atoms with E-state index in [1.807, 2.05) is 6.92 Å². The first kappa shape index (κ1) is 21.3. The van der Waals surface area contributed by atoms with E-state index in [0.29, 0.717) is 42.3 Å². The maximum atomic E-state index is 12.8. The topological polar surface area (TPSA) is 75.7 Å². The molecule has 1 unspecified atom stereocenters. The van der Waals surface area contributed by atoms with Gasteiger partial charge in [0, 0.05) is 23.6 Å². The van der Waals surface area contributed by atoms with Gasteiger partial charge in [-0.05, 0) is 59.8 Å². The van der Waals surface area contributed by atoms with Gasteiger partial charge in [-0.1, -0.05) is 13.8 Å². The van der Waals surface area contributed by atoms with E-state index < -0.39 is 10.0 Å². The maximum absolute atomic E-state index is 12.8. The zero-order valence-electron chi connectivity index (χ0n) is 15.5. The van der Waals surface area contributed by atoms with Gasteiger partial charge < -0.3 is 10.1 Å². The zero-order valence-corrected chi connectivity index (χ0v) is 17.9. The van der Waals surface area contributed by atoms with Crippen LogP contribution >= 0.6 is 15.9 Å². The summed E-state index contributed by atoms with van der Waals surface area (Å²) in [7, 11) is -3.63. The fraction of sp³-hybridized carbons (Fsp3) is 0.611. The lowest BCUT2D eigenvalue weighted by Crippen LogP contribution is -2.40. The Morgan fingerprint density at radius 3 is 2.50 bits per heavy atom. The summed E-state index contributed by atoms with van der Waals surface area (Å²) < 4.78 is 32.8. The number of hydrogen-bond acceptors (Lipinski definition) is 4. The van der Waals surface area contributed by atoms with Crippen molar-refractivity contribution in [1.82, 2.24) is 9.62 Å². The number of morpholine rings is 1. The number of halogens is 1. The third-order valence-corrected chi connectivity index (χ3v) is 6.93. The molecule has 6 nitrogen and oxygen atoms in total. The molecule has 0 aromatic heterocycles. The number of amides is 1. The van der Waals surface area contributed by atoms with Crippen LogP contribution in [0.3, 0.4) is 0 Å². The molecule has 2 rings (SSSR count). The second-order valence-electron chi connectivity index (χ2n) is 7.00. The van der Waals surface area contributed by atoms with E-state index in [4.69, 9.17) is 4.74 Å². The number of hydrogen-bond donors (Lipinski definition) is 1. The van der Waals surface area contributed by atoms with Crippen molar-refractivity contribution in [1.29, 1.82) is 0 Å². The standard InChI is InChI=1S/C18H27BrN2O4S/c1-13(2)4-5-14(3)20-18(22)16-12-15(6-7-17(16)19)26(23,24)21-8-10-25-11-9-21/h6-7,12-14H,4-5,8-11H2,1-3H3,(H,20,22). The molecule has 0 bridgehead atoms. The number of carbonyl (C=O) groups is 1. The minimum Gasteiger partial charge on any atom is -0.379 e. The van der Waals surface area contributed by atoms with Crippen molar-refractivity contribution < 1.29 is 17.9 Å². The van der Waals surface area contributed by atoms with Crippen molar-refractivity contribution in [2.45, 2.75) is 44.6 Å². The van der Waals surface area contributed by atoms with Gasteiger partial charge in [-0.15, -0.1) is 0 Å². The Hall–Kier alpha value is -0.960. The third kappa shape index (κ3) is 5.52. The van der Waals surface area contributed by atoms with Gasteiger partial charge in [-0.3, -0.25) is 4.79 Å². The maximum Gasteiger partial charge on any atom is 0.252 e. The molecule has 0 spiro atoms. The minimum absolute atomic E-state index is 0.0244. The summed E-state index contributed by atoms with van der Waals surface area (Å²) in [6, 6.07) is 4.60. The van der Waals surface area contributed by atoms with Gasteiger partial charge in [0.2, 0.25) is 10.0 Å². The van der Waals surface area contributed by atoms with Gasteiger partial charge >= 0.3 is 0 Å². The molecule has 1 aromatic rings. The Labute approximate surface area is 164 Å². The van der Waals surface area contributed by atoms with Gasteiger partial charge in [0.05, 0.1) is 23.7 Å². The first-order chi connectivity index (χ1) is 12.2. The smallest absolute Gasteiger partial charge is 0.252 e. The molecule has 1 aromatic carbocycles. The van der Waals surface area contributed by atoms with Gasteiger partial charge in [0.1, 0.15) is 0 Å². The molecular formula is C18H27BrN2O4S. The Morgan fingerprint density at radius 1 is 1.23 bits per heavy atom. The Bertz CT molecular complexity index is 731. The van der Waals surface area contributed by atoms with Crippen molar-refractivity contribution >= 4 is 31.9 Å². The lowest BCUT2D eigenvalue weighted by atomic mass is 10.0. The highest BCUT2D eigenvalue weighted by Gasteiger charge is 2.27. The molecule has 8 heteroatoms. The van der Waals surface area contributed by atoms with E-state index in [-0.39, 0.29) is 16.8 Å². The lowest BCUT2D eigenvalue weighted by molar-refractivity contribution is 0.0730. The van der Waals surface area contributed by atoms with E-state index in [1.54, 1.807) is 6.07 Å². The molecule has 1 fully saturated rings. The van der Waals surface area contributed by atoms with E-state index in [9.17, 15) is 13.2 Å². The number of benzene rings is 1. The van der Waals surface area contributed by atoms with Gasteiger partial charge in [-0.25, -0.2) is 8.42 Å². The molecule has 0 saturated carbocycles. The Kier molecular flexibility index (Phi) is 7.63. The van der Waals surface area contributed by atoms with Crippen LogP contribution in [0.5, 0.6) is 0 Å². The van der Waals surface area contributed by atoms with Crippen molar-refractivity contribution in [3.8, 4) is 0 Å². The fourth-order valence-corrected chi connectivity index (χ4v) is 4.59. The molecule has 1 aliphatic heterocycles. The number of nitrogens with one attached hydrogen (secondary N) is 1. The average molecular weight is 447 g/mol. The number of carbonyl (C=O) groups excluding carboxylic acids is 1. The monoisotopic (exact) mass is 446 g/mol. The highest BCUT2D eigenvalue weighted by atomic mass is 79.9. The second kappa shape index (κ2) is 9.30.